The highest BCUT2D eigenvalue weighted by Gasteiger charge is 2.37. The minimum absolute atomic E-state index is 0.0120. The SMILES string of the molecule is CC(NC(=O)OC(C)(C)C)C(=O)N1CCN(S(=O)(=O)c2ccc(Cl)c(C(F)(F)F)c2)CC1. The Morgan fingerprint density at radius 3 is 2.19 bits per heavy atom. The van der Waals surface area contributed by atoms with Crippen molar-refractivity contribution >= 4 is 33.6 Å². The van der Waals surface area contributed by atoms with Crippen molar-refractivity contribution in [2.24, 2.45) is 0 Å². The molecule has 2 rings (SSSR count). The first-order chi connectivity index (χ1) is 14.5. The molecule has 0 aliphatic carbocycles. The number of alkyl carbamates (subject to hydrolysis) is 1. The van der Waals surface area contributed by atoms with Crippen LogP contribution in [0.25, 0.3) is 0 Å². The third kappa shape index (κ3) is 6.48. The van der Waals surface area contributed by atoms with E-state index in [4.69, 9.17) is 16.3 Å². The molecule has 1 saturated heterocycles. The molecule has 1 fully saturated rings. The van der Waals surface area contributed by atoms with Crippen LogP contribution in [-0.2, 0) is 25.7 Å². The van der Waals surface area contributed by atoms with E-state index in [1.54, 1.807) is 20.8 Å². The van der Waals surface area contributed by atoms with Gasteiger partial charge in [0, 0.05) is 26.2 Å². The summed E-state index contributed by atoms with van der Waals surface area (Å²) in [5, 5.41) is 1.82. The van der Waals surface area contributed by atoms with Gasteiger partial charge in [-0.3, -0.25) is 4.79 Å². The first-order valence-electron chi connectivity index (χ1n) is 9.67. The van der Waals surface area contributed by atoms with Crippen LogP contribution in [0.1, 0.15) is 33.3 Å². The first-order valence-corrected chi connectivity index (χ1v) is 11.5. The van der Waals surface area contributed by atoms with Gasteiger partial charge in [0.25, 0.3) is 0 Å². The number of alkyl halides is 3. The lowest BCUT2D eigenvalue weighted by atomic mass is 10.2. The minimum Gasteiger partial charge on any atom is -0.444 e. The van der Waals surface area contributed by atoms with Crippen LogP contribution in [0.3, 0.4) is 0 Å². The molecule has 1 aromatic rings. The Morgan fingerprint density at radius 1 is 1.12 bits per heavy atom. The summed E-state index contributed by atoms with van der Waals surface area (Å²) in [7, 11) is -4.22. The number of benzene rings is 1. The molecule has 32 heavy (non-hydrogen) atoms. The Morgan fingerprint density at radius 2 is 1.69 bits per heavy atom. The van der Waals surface area contributed by atoms with Crippen molar-refractivity contribution in [1.29, 1.82) is 0 Å². The zero-order valence-corrected chi connectivity index (χ0v) is 19.6. The zero-order valence-electron chi connectivity index (χ0n) is 18.0. The van der Waals surface area contributed by atoms with E-state index in [0.29, 0.717) is 6.07 Å². The molecular weight excluding hydrogens is 475 g/mol. The van der Waals surface area contributed by atoms with Crippen LogP contribution < -0.4 is 5.32 Å². The minimum atomic E-state index is -4.80. The van der Waals surface area contributed by atoms with Crippen molar-refractivity contribution in [3.63, 3.8) is 0 Å². The molecule has 8 nitrogen and oxygen atoms in total. The maximum Gasteiger partial charge on any atom is 0.417 e. The van der Waals surface area contributed by atoms with Gasteiger partial charge in [-0.15, -0.1) is 0 Å². The van der Waals surface area contributed by atoms with Gasteiger partial charge in [-0.1, -0.05) is 11.6 Å². The predicted molar refractivity (Wildman–Crippen MR) is 111 cm³/mol. The van der Waals surface area contributed by atoms with E-state index in [2.05, 4.69) is 5.32 Å². The van der Waals surface area contributed by atoms with Gasteiger partial charge in [0.15, 0.2) is 0 Å². The van der Waals surface area contributed by atoms with E-state index < -0.39 is 55.3 Å². The van der Waals surface area contributed by atoms with Crippen LogP contribution in [0.5, 0.6) is 0 Å². The molecule has 13 heteroatoms. The number of sulfonamides is 1. The standard InChI is InChI=1S/C19H25ClF3N3O5S/c1-12(24-17(28)31-18(2,3)4)16(27)25-7-9-26(10-8-25)32(29,30)13-5-6-15(20)14(11-13)19(21,22)23/h5-6,11-12H,7-10H2,1-4H3,(H,24,28). The Kier molecular flexibility index (Phi) is 7.73. The number of carbonyl (C=O) groups excluding carboxylic acids is 2. The van der Waals surface area contributed by atoms with E-state index >= 15 is 0 Å². The lowest BCUT2D eigenvalue weighted by molar-refractivity contribution is -0.137. The Hall–Kier alpha value is -2.05. The number of hydrogen-bond donors (Lipinski definition) is 1. The lowest BCUT2D eigenvalue weighted by Gasteiger charge is -2.35. The fraction of sp³-hybridized carbons (Fsp3) is 0.579. The molecular formula is C19H25ClF3N3O5S. The van der Waals surface area contributed by atoms with Crippen molar-refractivity contribution in [3.05, 3.63) is 28.8 Å². The van der Waals surface area contributed by atoms with Crippen LogP contribution in [0.2, 0.25) is 5.02 Å². The van der Waals surface area contributed by atoms with Crippen LogP contribution in [0.4, 0.5) is 18.0 Å². The normalized spacial score (nSPS) is 17.1. The number of nitrogens with zero attached hydrogens (tertiary/aromatic N) is 2. The second kappa shape index (κ2) is 9.44. The molecule has 0 saturated carbocycles. The summed E-state index contributed by atoms with van der Waals surface area (Å²) in [5.41, 5.74) is -1.98. The number of amides is 2. The van der Waals surface area contributed by atoms with Crippen molar-refractivity contribution in [2.75, 3.05) is 26.2 Å². The maximum atomic E-state index is 13.1. The fourth-order valence-electron chi connectivity index (χ4n) is 3.00. The molecule has 1 heterocycles. The van der Waals surface area contributed by atoms with Crippen molar-refractivity contribution < 1.29 is 35.9 Å². The molecule has 1 aromatic carbocycles. The van der Waals surface area contributed by atoms with Crippen LogP contribution >= 0.6 is 11.6 Å². The molecule has 1 atom stereocenters. The monoisotopic (exact) mass is 499 g/mol. The maximum absolute atomic E-state index is 13.1. The number of nitrogens with one attached hydrogen (secondary N) is 1. The van der Waals surface area contributed by atoms with Gasteiger partial charge in [0.1, 0.15) is 11.6 Å². The van der Waals surface area contributed by atoms with Crippen LogP contribution in [-0.4, -0.2) is 67.4 Å². The molecule has 0 bridgehead atoms. The highest BCUT2D eigenvalue weighted by molar-refractivity contribution is 7.89. The fourth-order valence-corrected chi connectivity index (χ4v) is 4.67. The number of ether oxygens (including phenoxy) is 1. The van der Waals surface area contributed by atoms with Gasteiger partial charge in [0.2, 0.25) is 15.9 Å². The van der Waals surface area contributed by atoms with Crippen molar-refractivity contribution in [3.8, 4) is 0 Å². The lowest BCUT2D eigenvalue weighted by Crippen LogP contribution is -2.55. The van der Waals surface area contributed by atoms with Gasteiger partial charge >= 0.3 is 12.3 Å². The van der Waals surface area contributed by atoms with E-state index in [1.165, 1.54) is 11.8 Å². The van der Waals surface area contributed by atoms with E-state index in [1.807, 2.05) is 0 Å². The zero-order chi connectivity index (χ0) is 24.5. The van der Waals surface area contributed by atoms with Crippen molar-refractivity contribution in [1.82, 2.24) is 14.5 Å². The van der Waals surface area contributed by atoms with E-state index in [0.717, 1.165) is 16.4 Å². The summed E-state index contributed by atoms with van der Waals surface area (Å²) in [6, 6.07) is 1.50. The summed E-state index contributed by atoms with van der Waals surface area (Å²) in [4.78, 5) is 25.2. The summed E-state index contributed by atoms with van der Waals surface area (Å²) in [5.74, 6) is -0.432. The molecule has 1 unspecified atom stereocenters. The summed E-state index contributed by atoms with van der Waals surface area (Å²) >= 11 is 5.56. The van der Waals surface area contributed by atoms with Crippen LogP contribution in [0, 0.1) is 0 Å². The Balaban J connectivity index is 2.04. The second-order valence-electron chi connectivity index (χ2n) is 8.24. The third-order valence-electron chi connectivity index (χ3n) is 4.53. The average Bonchev–Trinajstić information content (AvgIpc) is 2.65. The largest absolute Gasteiger partial charge is 0.444 e. The molecule has 0 spiro atoms. The smallest absolute Gasteiger partial charge is 0.417 e. The number of rotatable bonds is 4. The summed E-state index contributed by atoms with van der Waals surface area (Å²) < 4.78 is 71.0. The van der Waals surface area contributed by atoms with Gasteiger partial charge in [-0.2, -0.15) is 17.5 Å². The van der Waals surface area contributed by atoms with Gasteiger partial charge < -0.3 is 15.0 Å². The van der Waals surface area contributed by atoms with Crippen molar-refractivity contribution in [2.45, 2.75) is 50.4 Å². The van der Waals surface area contributed by atoms with E-state index in [9.17, 15) is 31.2 Å². The number of piperazine rings is 1. The second-order valence-corrected chi connectivity index (χ2v) is 10.6. The molecule has 1 aliphatic heterocycles. The third-order valence-corrected chi connectivity index (χ3v) is 6.76. The summed E-state index contributed by atoms with van der Waals surface area (Å²) in [6.07, 6.45) is -5.56. The molecule has 1 N–H and O–H groups in total. The molecule has 180 valence electrons. The number of carbonyl (C=O) groups is 2. The quantitative estimate of drug-likeness (QED) is 0.686. The topological polar surface area (TPSA) is 96.0 Å². The molecule has 2 amide bonds. The molecule has 0 radical (unpaired) electrons. The molecule has 1 aliphatic rings. The van der Waals surface area contributed by atoms with Gasteiger partial charge in [-0.05, 0) is 45.9 Å². The molecule has 0 aromatic heterocycles. The highest BCUT2D eigenvalue weighted by atomic mass is 35.5. The van der Waals surface area contributed by atoms with Gasteiger partial charge in [0.05, 0.1) is 15.5 Å². The van der Waals surface area contributed by atoms with Gasteiger partial charge in [-0.25, -0.2) is 13.2 Å². The number of hydrogen-bond acceptors (Lipinski definition) is 5. The Bertz CT molecular complexity index is 971. The Labute approximate surface area is 189 Å². The first kappa shape index (κ1) is 26.2. The summed E-state index contributed by atoms with van der Waals surface area (Å²) in [6.45, 7) is 6.30. The van der Waals surface area contributed by atoms with E-state index in [-0.39, 0.29) is 26.2 Å². The highest BCUT2D eigenvalue weighted by Crippen LogP contribution is 2.36. The number of halogens is 4. The predicted octanol–water partition coefficient (Wildman–Crippen LogP) is 3.10. The average molecular weight is 500 g/mol. The van der Waals surface area contributed by atoms with Crippen LogP contribution in [0.15, 0.2) is 23.1 Å².